The summed E-state index contributed by atoms with van der Waals surface area (Å²) in [5, 5.41) is 2.87. The number of benzene rings is 3. The summed E-state index contributed by atoms with van der Waals surface area (Å²) in [7, 11) is 4.21. The van der Waals surface area contributed by atoms with Crippen LogP contribution >= 0.6 is 0 Å². The molecular formula is C33H39NO7. The van der Waals surface area contributed by atoms with E-state index in [4.69, 9.17) is 18.9 Å². The summed E-state index contributed by atoms with van der Waals surface area (Å²) in [6.07, 6.45) is 4.98. The molecule has 0 aliphatic carbocycles. The molecule has 0 aromatic heterocycles. The SMILES string of the molecule is COC(=O)Cc1ccc(NC(=O)CCc2ccc(OCCCCCc3ccccc3)cc2OC)cc1CC(=O)OC. The number of hydrogen-bond acceptors (Lipinski definition) is 7. The minimum absolute atomic E-state index is 0.0187. The first-order chi connectivity index (χ1) is 19.9. The molecule has 8 nitrogen and oxygen atoms in total. The molecule has 218 valence electrons. The van der Waals surface area contributed by atoms with Gasteiger partial charge in [0.15, 0.2) is 0 Å². The van der Waals surface area contributed by atoms with Gasteiger partial charge in [0.25, 0.3) is 0 Å². The molecule has 0 saturated carbocycles. The second kappa shape index (κ2) is 16.7. The topological polar surface area (TPSA) is 100 Å². The molecule has 0 spiro atoms. The third-order valence-corrected chi connectivity index (χ3v) is 6.72. The quantitative estimate of drug-likeness (QED) is 0.182. The van der Waals surface area contributed by atoms with E-state index in [0.717, 1.165) is 37.0 Å². The number of hydrogen-bond donors (Lipinski definition) is 1. The van der Waals surface area contributed by atoms with Crippen LogP contribution in [-0.2, 0) is 49.5 Å². The van der Waals surface area contributed by atoms with Crippen molar-refractivity contribution >= 4 is 23.5 Å². The number of nitrogens with one attached hydrogen (secondary N) is 1. The zero-order chi connectivity index (χ0) is 29.5. The first-order valence-electron chi connectivity index (χ1n) is 13.8. The smallest absolute Gasteiger partial charge is 0.309 e. The largest absolute Gasteiger partial charge is 0.496 e. The lowest BCUT2D eigenvalue weighted by Crippen LogP contribution is -2.15. The van der Waals surface area contributed by atoms with Crippen LogP contribution in [0.1, 0.15) is 47.9 Å². The number of anilines is 1. The van der Waals surface area contributed by atoms with Crippen molar-refractivity contribution in [1.82, 2.24) is 0 Å². The Kier molecular flexibility index (Phi) is 12.7. The van der Waals surface area contributed by atoms with Crippen LogP contribution in [-0.4, -0.2) is 45.8 Å². The van der Waals surface area contributed by atoms with Crippen molar-refractivity contribution in [2.24, 2.45) is 0 Å². The molecular weight excluding hydrogens is 522 g/mol. The summed E-state index contributed by atoms with van der Waals surface area (Å²) in [4.78, 5) is 36.3. The highest BCUT2D eigenvalue weighted by molar-refractivity contribution is 5.91. The van der Waals surface area contributed by atoms with Crippen LogP contribution in [0.3, 0.4) is 0 Å². The second-order valence-electron chi connectivity index (χ2n) is 9.66. The van der Waals surface area contributed by atoms with E-state index in [-0.39, 0.29) is 25.2 Å². The number of carbonyl (C=O) groups is 3. The second-order valence-corrected chi connectivity index (χ2v) is 9.66. The fourth-order valence-electron chi connectivity index (χ4n) is 4.43. The van der Waals surface area contributed by atoms with Crippen molar-refractivity contribution in [2.75, 3.05) is 33.3 Å². The van der Waals surface area contributed by atoms with Crippen LogP contribution in [0.2, 0.25) is 0 Å². The lowest BCUT2D eigenvalue weighted by atomic mass is 10.0. The summed E-state index contributed by atoms with van der Waals surface area (Å²) in [5.41, 5.74) is 4.02. The lowest BCUT2D eigenvalue weighted by Gasteiger charge is -2.13. The van der Waals surface area contributed by atoms with Crippen molar-refractivity contribution in [3.8, 4) is 11.5 Å². The highest BCUT2D eigenvalue weighted by atomic mass is 16.5. The van der Waals surface area contributed by atoms with Gasteiger partial charge in [0.05, 0.1) is 40.8 Å². The first-order valence-corrected chi connectivity index (χ1v) is 13.8. The number of aryl methyl sites for hydroxylation is 2. The fraction of sp³-hybridized carbons (Fsp3) is 0.364. The van der Waals surface area contributed by atoms with Crippen molar-refractivity contribution < 1.29 is 33.3 Å². The Bertz CT molecular complexity index is 1290. The van der Waals surface area contributed by atoms with Crippen molar-refractivity contribution in [3.05, 3.63) is 89.0 Å². The van der Waals surface area contributed by atoms with Crippen LogP contribution in [0.25, 0.3) is 0 Å². The Hall–Kier alpha value is -4.33. The number of ether oxygens (including phenoxy) is 4. The maximum absolute atomic E-state index is 12.7. The average Bonchev–Trinajstić information content (AvgIpc) is 2.99. The van der Waals surface area contributed by atoms with E-state index >= 15 is 0 Å². The molecule has 3 aromatic rings. The number of rotatable bonds is 16. The lowest BCUT2D eigenvalue weighted by molar-refractivity contribution is -0.141. The molecule has 0 radical (unpaired) electrons. The zero-order valence-corrected chi connectivity index (χ0v) is 24.1. The van der Waals surface area contributed by atoms with E-state index in [1.165, 1.54) is 19.8 Å². The molecule has 41 heavy (non-hydrogen) atoms. The van der Waals surface area contributed by atoms with Crippen LogP contribution < -0.4 is 14.8 Å². The Morgan fingerprint density at radius 3 is 2.12 bits per heavy atom. The zero-order valence-electron chi connectivity index (χ0n) is 24.1. The van der Waals surface area contributed by atoms with Gasteiger partial charge in [-0.2, -0.15) is 0 Å². The van der Waals surface area contributed by atoms with Gasteiger partial charge >= 0.3 is 11.9 Å². The number of amides is 1. The fourth-order valence-corrected chi connectivity index (χ4v) is 4.43. The standard InChI is InChI=1S/C33H39NO7/c1-38-30-23-29(41-19-9-5-8-12-24-10-6-4-7-11-24)17-14-25(30)15-18-31(35)34-28-16-13-26(21-32(36)39-2)27(20-28)22-33(37)40-3/h4,6-7,10-11,13-14,16-17,20,23H,5,8-9,12,15,18-19,21-22H2,1-3H3,(H,34,35). The highest BCUT2D eigenvalue weighted by Crippen LogP contribution is 2.26. The summed E-state index contributed by atoms with van der Waals surface area (Å²) >= 11 is 0. The number of unbranched alkanes of at least 4 members (excludes halogenated alkanes) is 2. The third-order valence-electron chi connectivity index (χ3n) is 6.72. The first kappa shape index (κ1) is 31.2. The van der Waals surface area contributed by atoms with Gasteiger partial charge in [0.2, 0.25) is 5.91 Å². The van der Waals surface area contributed by atoms with Gasteiger partial charge in [0, 0.05) is 18.2 Å². The monoisotopic (exact) mass is 561 g/mol. The molecule has 8 heteroatoms. The molecule has 1 N–H and O–H groups in total. The maximum atomic E-state index is 12.7. The summed E-state index contributed by atoms with van der Waals surface area (Å²) in [6, 6.07) is 21.3. The van der Waals surface area contributed by atoms with E-state index in [9.17, 15) is 14.4 Å². The average molecular weight is 562 g/mol. The molecule has 0 heterocycles. The van der Waals surface area contributed by atoms with Crippen molar-refractivity contribution in [1.29, 1.82) is 0 Å². The molecule has 0 bridgehead atoms. The van der Waals surface area contributed by atoms with Gasteiger partial charge in [-0.1, -0.05) is 42.5 Å². The Labute approximate surface area is 242 Å². The van der Waals surface area contributed by atoms with Crippen molar-refractivity contribution in [2.45, 2.75) is 51.4 Å². The van der Waals surface area contributed by atoms with Gasteiger partial charge in [-0.3, -0.25) is 14.4 Å². The van der Waals surface area contributed by atoms with E-state index in [1.54, 1.807) is 25.3 Å². The molecule has 0 unspecified atom stereocenters. The number of methoxy groups -OCH3 is 3. The molecule has 0 fully saturated rings. The van der Waals surface area contributed by atoms with E-state index in [1.807, 2.05) is 24.3 Å². The van der Waals surface area contributed by atoms with E-state index < -0.39 is 11.9 Å². The predicted octanol–water partition coefficient (Wildman–Crippen LogP) is 5.49. The number of esters is 2. The van der Waals surface area contributed by atoms with E-state index in [0.29, 0.717) is 35.6 Å². The minimum atomic E-state index is -0.442. The van der Waals surface area contributed by atoms with Crippen LogP contribution in [0.5, 0.6) is 11.5 Å². The maximum Gasteiger partial charge on any atom is 0.309 e. The summed E-state index contributed by atoms with van der Waals surface area (Å²) < 4.78 is 21.0. The highest BCUT2D eigenvalue weighted by Gasteiger charge is 2.14. The molecule has 3 rings (SSSR count). The van der Waals surface area contributed by atoms with Gasteiger partial charge in [-0.15, -0.1) is 0 Å². The molecule has 0 aliphatic rings. The molecule has 0 atom stereocenters. The van der Waals surface area contributed by atoms with Gasteiger partial charge in [-0.05, 0) is 72.6 Å². The Morgan fingerprint density at radius 2 is 1.41 bits per heavy atom. The Morgan fingerprint density at radius 1 is 0.707 bits per heavy atom. The third kappa shape index (κ3) is 10.6. The molecule has 0 aliphatic heterocycles. The normalized spacial score (nSPS) is 10.5. The van der Waals surface area contributed by atoms with Crippen LogP contribution in [0.4, 0.5) is 5.69 Å². The van der Waals surface area contributed by atoms with Gasteiger partial charge in [0.1, 0.15) is 11.5 Å². The van der Waals surface area contributed by atoms with Crippen LogP contribution in [0, 0.1) is 0 Å². The summed E-state index contributed by atoms with van der Waals surface area (Å²) in [6.45, 7) is 0.635. The molecule has 1 amide bonds. The Balaban J connectivity index is 1.49. The van der Waals surface area contributed by atoms with E-state index in [2.05, 4.69) is 29.6 Å². The molecule has 3 aromatic carbocycles. The van der Waals surface area contributed by atoms with Crippen molar-refractivity contribution in [3.63, 3.8) is 0 Å². The molecule has 0 saturated heterocycles. The van der Waals surface area contributed by atoms with Crippen LogP contribution in [0.15, 0.2) is 66.7 Å². The predicted molar refractivity (Wildman–Crippen MR) is 157 cm³/mol. The van der Waals surface area contributed by atoms with Gasteiger partial charge < -0.3 is 24.3 Å². The summed E-state index contributed by atoms with van der Waals surface area (Å²) in [5.74, 6) is 0.363. The van der Waals surface area contributed by atoms with Gasteiger partial charge in [-0.25, -0.2) is 0 Å². The number of carbonyl (C=O) groups excluding carboxylic acids is 3. The minimum Gasteiger partial charge on any atom is -0.496 e.